The van der Waals surface area contributed by atoms with E-state index in [-0.39, 0.29) is 0 Å². The van der Waals surface area contributed by atoms with Crippen LogP contribution < -0.4 is 5.32 Å². The Bertz CT molecular complexity index is 650. The molecule has 1 fully saturated rings. The van der Waals surface area contributed by atoms with Gasteiger partial charge in [0.25, 0.3) is 0 Å². The molecule has 0 radical (unpaired) electrons. The van der Waals surface area contributed by atoms with Gasteiger partial charge in [0.2, 0.25) is 0 Å². The molecule has 0 spiro atoms. The largest absolute Gasteiger partial charge is 0.366 e. The minimum atomic E-state index is 0.506. The van der Waals surface area contributed by atoms with E-state index in [1.54, 1.807) is 0 Å². The lowest BCUT2D eigenvalue weighted by molar-refractivity contribution is 0.909. The van der Waals surface area contributed by atoms with Crippen LogP contribution in [0.3, 0.4) is 0 Å². The van der Waals surface area contributed by atoms with E-state index in [1.807, 2.05) is 6.92 Å². The highest BCUT2D eigenvalue weighted by molar-refractivity contribution is 6.30. The third-order valence-corrected chi connectivity index (χ3v) is 4.36. The van der Waals surface area contributed by atoms with Crippen molar-refractivity contribution in [1.82, 2.24) is 9.97 Å². The van der Waals surface area contributed by atoms with Crippen molar-refractivity contribution in [2.75, 3.05) is 5.32 Å². The van der Waals surface area contributed by atoms with Gasteiger partial charge in [-0.25, -0.2) is 9.97 Å². The summed E-state index contributed by atoms with van der Waals surface area (Å²) >= 11 is 6.24. The summed E-state index contributed by atoms with van der Waals surface area (Å²) in [6.45, 7) is 4.91. The molecule has 1 N–H and O–H groups in total. The van der Waals surface area contributed by atoms with Crippen LogP contribution in [0.1, 0.15) is 48.2 Å². The number of nitrogens with one attached hydrogen (secondary N) is 1. The highest BCUT2D eigenvalue weighted by Gasteiger charge is 2.28. The lowest BCUT2D eigenvalue weighted by atomic mass is 10.1. The Morgan fingerprint density at radius 1 is 1.19 bits per heavy atom. The van der Waals surface area contributed by atoms with E-state index in [0.717, 1.165) is 30.2 Å². The molecule has 0 bridgehead atoms. The summed E-state index contributed by atoms with van der Waals surface area (Å²) in [7, 11) is 0. The van der Waals surface area contributed by atoms with E-state index in [9.17, 15) is 0 Å². The topological polar surface area (TPSA) is 37.8 Å². The van der Waals surface area contributed by atoms with Gasteiger partial charge in [0.1, 0.15) is 16.8 Å². The van der Waals surface area contributed by atoms with Crippen LogP contribution in [0.25, 0.3) is 0 Å². The summed E-state index contributed by atoms with van der Waals surface area (Å²) in [5, 5.41) is 4.00. The summed E-state index contributed by atoms with van der Waals surface area (Å²) in [6, 6.07) is 8.49. The lowest BCUT2D eigenvalue weighted by Crippen LogP contribution is -2.08. The van der Waals surface area contributed by atoms with Crippen molar-refractivity contribution < 1.29 is 0 Å². The molecule has 3 rings (SSSR count). The van der Waals surface area contributed by atoms with Gasteiger partial charge in [0, 0.05) is 18.0 Å². The number of aromatic nitrogens is 2. The Balaban J connectivity index is 1.81. The van der Waals surface area contributed by atoms with E-state index in [4.69, 9.17) is 11.6 Å². The van der Waals surface area contributed by atoms with Crippen molar-refractivity contribution in [3.8, 4) is 0 Å². The number of aryl methyl sites for hydroxylation is 1. The predicted molar refractivity (Wildman–Crippen MR) is 86.9 cm³/mol. The average Bonchev–Trinajstić information content (AvgIpc) is 3.33. The van der Waals surface area contributed by atoms with Gasteiger partial charge in [-0.1, -0.05) is 42.8 Å². The second kappa shape index (κ2) is 6.02. The maximum Gasteiger partial charge on any atom is 0.137 e. The molecule has 1 aromatic carbocycles. The molecular weight excluding hydrogens is 282 g/mol. The molecule has 0 amide bonds. The van der Waals surface area contributed by atoms with Crippen LogP contribution in [0.4, 0.5) is 5.82 Å². The smallest absolute Gasteiger partial charge is 0.137 e. The number of rotatable bonds is 5. The molecule has 110 valence electrons. The van der Waals surface area contributed by atoms with Crippen LogP contribution in [0.15, 0.2) is 24.3 Å². The molecule has 1 aromatic heterocycles. The molecular formula is C17H20ClN3. The summed E-state index contributed by atoms with van der Waals surface area (Å²) in [5.74, 6) is 2.26. The normalized spacial score (nSPS) is 14.2. The van der Waals surface area contributed by atoms with Crippen molar-refractivity contribution in [3.63, 3.8) is 0 Å². The van der Waals surface area contributed by atoms with Crippen LogP contribution in [0.2, 0.25) is 5.15 Å². The van der Waals surface area contributed by atoms with Crippen molar-refractivity contribution in [3.05, 3.63) is 51.9 Å². The molecule has 4 heteroatoms. The fourth-order valence-electron chi connectivity index (χ4n) is 2.46. The molecule has 0 unspecified atom stereocenters. The van der Waals surface area contributed by atoms with E-state index in [2.05, 4.69) is 46.5 Å². The first-order valence-electron chi connectivity index (χ1n) is 7.53. The van der Waals surface area contributed by atoms with Gasteiger partial charge >= 0.3 is 0 Å². The second-order valence-electron chi connectivity index (χ2n) is 5.60. The average molecular weight is 302 g/mol. The molecule has 3 nitrogen and oxygen atoms in total. The first kappa shape index (κ1) is 14.3. The van der Waals surface area contributed by atoms with Gasteiger partial charge in [-0.15, -0.1) is 0 Å². The number of hydrogen-bond donors (Lipinski definition) is 1. The minimum absolute atomic E-state index is 0.506. The van der Waals surface area contributed by atoms with Crippen molar-refractivity contribution >= 4 is 17.4 Å². The Labute approximate surface area is 130 Å². The fourth-order valence-corrected chi connectivity index (χ4v) is 2.63. The standard InChI is InChI=1S/C17H20ClN3/c1-3-12-6-4-5-7-14(12)10-19-16-11(2)15(18)20-17(21-16)13-8-9-13/h4-7,13H,3,8-10H2,1-2H3,(H,19,20,21). The van der Waals surface area contributed by atoms with E-state index < -0.39 is 0 Å². The fraction of sp³-hybridized carbons (Fsp3) is 0.412. The van der Waals surface area contributed by atoms with Crippen LogP contribution in [0, 0.1) is 6.92 Å². The number of hydrogen-bond acceptors (Lipinski definition) is 3. The van der Waals surface area contributed by atoms with Gasteiger partial charge in [-0.05, 0) is 37.3 Å². The van der Waals surface area contributed by atoms with Crippen LogP contribution in [-0.4, -0.2) is 9.97 Å². The predicted octanol–water partition coefficient (Wildman–Crippen LogP) is 4.49. The summed E-state index contributed by atoms with van der Waals surface area (Å²) in [5.41, 5.74) is 3.60. The summed E-state index contributed by atoms with van der Waals surface area (Å²) < 4.78 is 0. The molecule has 21 heavy (non-hydrogen) atoms. The van der Waals surface area contributed by atoms with Crippen LogP contribution >= 0.6 is 11.6 Å². The van der Waals surface area contributed by atoms with Crippen molar-refractivity contribution in [2.24, 2.45) is 0 Å². The highest BCUT2D eigenvalue weighted by atomic mass is 35.5. The zero-order valence-corrected chi connectivity index (χ0v) is 13.2. The maximum atomic E-state index is 6.24. The van der Waals surface area contributed by atoms with Crippen molar-refractivity contribution in [2.45, 2.75) is 45.6 Å². The van der Waals surface area contributed by atoms with Gasteiger partial charge in [0.15, 0.2) is 0 Å². The van der Waals surface area contributed by atoms with E-state index in [0.29, 0.717) is 11.1 Å². The van der Waals surface area contributed by atoms with Gasteiger partial charge < -0.3 is 5.32 Å². The first-order valence-corrected chi connectivity index (χ1v) is 7.91. The number of anilines is 1. The Morgan fingerprint density at radius 2 is 1.90 bits per heavy atom. The number of halogens is 1. The zero-order chi connectivity index (χ0) is 14.8. The Hall–Kier alpha value is -1.61. The second-order valence-corrected chi connectivity index (χ2v) is 5.95. The molecule has 1 aliphatic rings. The third kappa shape index (κ3) is 3.18. The molecule has 1 heterocycles. The Morgan fingerprint density at radius 3 is 2.57 bits per heavy atom. The monoisotopic (exact) mass is 301 g/mol. The molecule has 1 aliphatic carbocycles. The van der Waals surface area contributed by atoms with Gasteiger partial charge in [-0.3, -0.25) is 0 Å². The first-order chi connectivity index (χ1) is 10.2. The van der Waals surface area contributed by atoms with Crippen LogP contribution in [-0.2, 0) is 13.0 Å². The van der Waals surface area contributed by atoms with Gasteiger partial charge in [-0.2, -0.15) is 0 Å². The summed E-state index contributed by atoms with van der Waals surface area (Å²) in [4.78, 5) is 9.06. The number of benzene rings is 1. The lowest BCUT2D eigenvalue weighted by Gasteiger charge is -2.13. The quantitative estimate of drug-likeness (QED) is 0.827. The molecule has 0 atom stereocenters. The molecule has 0 saturated heterocycles. The molecule has 0 aliphatic heterocycles. The molecule has 2 aromatic rings. The highest BCUT2D eigenvalue weighted by Crippen LogP contribution is 2.39. The zero-order valence-electron chi connectivity index (χ0n) is 12.5. The minimum Gasteiger partial charge on any atom is -0.366 e. The van der Waals surface area contributed by atoms with E-state index >= 15 is 0 Å². The number of nitrogens with zero attached hydrogens (tertiary/aromatic N) is 2. The van der Waals surface area contributed by atoms with Gasteiger partial charge in [0.05, 0.1) is 0 Å². The van der Waals surface area contributed by atoms with Crippen molar-refractivity contribution in [1.29, 1.82) is 0 Å². The molecule has 1 saturated carbocycles. The van der Waals surface area contributed by atoms with Crippen LogP contribution in [0.5, 0.6) is 0 Å². The summed E-state index contributed by atoms with van der Waals surface area (Å²) in [6.07, 6.45) is 3.39. The maximum absolute atomic E-state index is 6.24. The third-order valence-electron chi connectivity index (χ3n) is 3.99. The SMILES string of the molecule is CCc1ccccc1CNc1nc(C2CC2)nc(Cl)c1C. The Kier molecular flexibility index (Phi) is 4.11. The van der Waals surface area contributed by atoms with E-state index in [1.165, 1.54) is 24.0 Å².